The van der Waals surface area contributed by atoms with Crippen molar-refractivity contribution in [1.29, 1.82) is 0 Å². The maximum Gasteiger partial charge on any atom is 0.353 e. The normalized spacial score (nSPS) is 20.0. The zero-order valence-electron chi connectivity index (χ0n) is 14.3. The number of nitrogen functional groups attached to an aromatic ring is 1. The molecule has 0 saturated carbocycles. The number of aromatic nitrogens is 2. The molecule has 0 radical (unpaired) electrons. The second-order valence-corrected chi connectivity index (χ2v) is 6.59. The molecule has 1 aliphatic rings. The van der Waals surface area contributed by atoms with Crippen molar-refractivity contribution in [2.45, 2.75) is 26.1 Å². The standard InChI is InChI=1S/C16H19ClN6O3/c1-9-7-22(8-10(2)26-9)16-20-14(18)13(23(24)25)15(21-16)19-12-5-3-11(17)4-6-12/h3-6,9-10H,7-8H2,1-2H3,(H3,18,19,20,21). The van der Waals surface area contributed by atoms with Gasteiger partial charge in [-0.2, -0.15) is 9.97 Å². The molecule has 2 heterocycles. The topological polar surface area (TPSA) is 119 Å². The van der Waals surface area contributed by atoms with Gasteiger partial charge < -0.3 is 20.7 Å². The highest BCUT2D eigenvalue weighted by atomic mass is 35.5. The van der Waals surface area contributed by atoms with Gasteiger partial charge in [0, 0.05) is 23.8 Å². The highest BCUT2D eigenvalue weighted by Crippen LogP contribution is 2.33. The van der Waals surface area contributed by atoms with Crippen molar-refractivity contribution in [2.75, 3.05) is 29.0 Å². The summed E-state index contributed by atoms with van der Waals surface area (Å²) in [6, 6.07) is 6.74. The molecule has 1 aliphatic heterocycles. The first-order valence-electron chi connectivity index (χ1n) is 8.08. The Balaban J connectivity index is 1.99. The minimum absolute atomic E-state index is 0.00793. The van der Waals surface area contributed by atoms with Gasteiger partial charge in [0.05, 0.1) is 17.1 Å². The van der Waals surface area contributed by atoms with E-state index in [4.69, 9.17) is 22.1 Å². The van der Waals surface area contributed by atoms with Crippen molar-refractivity contribution in [3.63, 3.8) is 0 Å². The average molecular weight is 379 g/mol. The van der Waals surface area contributed by atoms with E-state index >= 15 is 0 Å². The number of benzene rings is 1. The quantitative estimate of drug-likeness (QED) is 0.615. The number of ether oxygens (including phenoxy) is 1. The summed E-state index contributed by atoms with van der Waals surface area (Å²) in [5.41, 5.74) is 6.10. The third-order valence-electron chi connectivity index (χ3n) is 3.89. The van der Waals surface area contributed by atoms with Crippen LogP contribution in [0.25, 0.3) is 0 Å². The zero-order chi connectivity index (χ0) is 18.8. The van der Waals surface area contributed by atoms with Gasteiger partial charge in [-0.05, 0) is 38.1 Å². The van der Waals surface area contributed by atoms with Crippen LogP contribution in [0.4, 0.5) is 29.0 Å². The van der Waals surface area contributed by atoms with Crippen molar-refractivity contribution < 1.29 is 9.66 Å². The fourth-order valence-electron chi connectivity index (χ4n) is 2.88. The fraction of sp³-hybridized carbons (Fsp3) is 0.375. The highest BCUT2D eigenvalue weighted by Gasteiger charge is 2.29. The maximum atomic E-state index is 11.4. The number of nitrogens with zero attached hydrogens (tertiary/aromatic N) is 4. The number of morpholine rings is 1. The van der Waals surface area contributed by atoms with Crippen LogP contribution < -0.4 is 16.0 Å². The molecular formula is C16H19ClN6O3. The lowest BCUT2D eigenvalue weighted by atomic mass is 10.2. The largest absolute Gasteiger partial charge is 0.378 e. The van der Waals surface area contributed by atoms with Gasteiger partial charge in [-0.1, -0.05) is 11.6 Å². The first-order valence-corrected chi connectivity index (χ1v) is 8.46. The number of anilines is 4. The Morgan fingerprint density at radius 3 is 2.46 bits per heavy atom. The molecule has 1 aromatic heterocycles. The molecule has 9 nitrogen and oxygen atoms in total. The molecule has 0 spiro atoms. The van der Waals surface area contributed by atoms with Crippen molar-refractivity contribution in [3.8, 4) is 0 Å². The highest BCUT2D eigenvalue weighted by molar-refractivity contribution is 6.30. The minimum Gasteiger partial charge on any atom is -0.378 e. The van der Waals surface area contributed by atoms with Crippen LogP contribution in [0.1, 0.15) is 13.8 Å². The Labute approximate surface area is 155 Å². The molecule has 2 unspecified atom stereocenters. The summed E-state index contributed by atoms with van der Waals surface area (Å²) < 4.78 is 5.70. The lowest BCUT2D eigenvalue weighted by molar-refractivity contribution is -0.383. The summed E-state index contributed by atoms with van der Waals surface area (Å²) in [6.45, 7) is 5.04. The van der Waals surface area contributed by atoms with E-state index in [0.29, 0.717) is 29.7 Å². The molecule has 1 saturated heterocycles. The van der Waals surface area contributed by atoms with Gasteiger partial charge in [0.25, 0.3) is 0 Å². The van der Waals surface area contributed by atoms with E-state index in [-0.39, 0.29) is 29.5 Å². The van der Waals surface area contributed by atoms with Gasteiger partial charge in [-0.3, -0.25) is 10.1 Å². The number of nitrogens with two attached hydrogens (primary N) is 1. The van der Waals surface area contributed by atoms with Crippen LogP contribution in [-0.2, 0) is 4.74 Å². The number of hydrogen-bond acceptors (Lipinski definition) is 8. The predicted octanol–water partition coefficient (Wildman–Crippen LogP) is 2.98. The monoisotopic (exact) mass is 378 g/mol. The smallest absolute Gasteiger partial charge is 0.353 e. The molecule has 2 aromatic rings. The van der Waals surface area contributed by atoms with Crippen LogP contribution in [0, 0.1) is 10.1 Å². The molecule has 1 aromatic carbocycles. The fourth-order valence-corrected chi connectivity index (χ4v) is 3.01. The van der Waals surface area contributed by atoms with E-state index in [0.717, 1.165) is 0 Å². The van der Waals surface area contributed by atoms with Crippen molar-refractivity contribution >= 4 is 40.6 Å². The summed E-state index contributed by atoms with van der Waals surface area (Å²) in [7, 11) is 0. The third-order valence-corrected chi connectivity index (χ3v) is 4.14. The molecule has 1 fully saturated rings. The SMILES string of the molecule is CC1CN(c2nc(N)c([N+](=O)[O-])c(Nc3ccc(Cl)cc3)n2)CC(C)O1. The molecule has 10 heteroatoms. The lowest BCUT2D eigenvalue weighted by Crippen LogP contribution is -2.46. The second kappa shape index (κ2) is 7.30. The number of rotatable bonds is 4. The summed E-state index contributed by atoms with van der Waals surface area (Å²) in [6.07, 6.45) is -0.0159. The molecular weight excluding hydrogens is 360 g/mol. The summed E-state index contributed by atoms with van der Waals surface area (Å²) in [4.78, 5) is 21.2. The molecule has 26 heavy (non-hydrogen) atoms. The second-order valence-electron chi connectivity index (χ2n) is 6.16. The summed E-state index contributed by atoms with van der Waals surface area (Å²) in [5.74, 6) is 0.168. The molecule has 0 aliphatic carbocycles. The van der Waals surface area contributed by atoms with Crippen LogP contribution in [0.15, 0.2) is 24.3 Å². The van der Waals surface area contributed by atoms with E-state index in [2.05, 4.69) is 15.3 Å². The molecule has 3 N–H and O–H groups in total. The van der Waals surface area contributed by atoms with Crippen LogP contribution in [0.2, 0.25) is 5.02 Å². The van der Waals surface area contributed by atoms with Crippen LogP contribution in [0.5, 0.6) is 0 Å². The van der Waals surface area contributed by atoms with Gasteiger partial charge in [-0.25, -0.2) is 0 Å². The molecule has 3 rings (SSSR count). The Kier molecular flexibility index (Phi) is 5.10. The summed E-state index contributed by atoms with van der Waals surface area (Å²) in [5, 5.41) is 14.9. The van der Waals surface area contributed by atoms with Gasteiger partial charge in [0.15, 0.2) is 0 Å². The first-order chi connectivity index (χ1) is 12.3. The Hall–Kier alpha value is -2.65. The number of hydrogen-bond donors (Lipinski definition) is 2. The van der Waals surface area contributed by atoms with E-state index in [1.165, 1.54) is 0 Å². The molecule has 0 bridgehead atoms. The van der Waals surface area contributed by atoms with Gasteiger partial charge >= 0.3 is 5.69 Å². The zero-order valence-corrected chi connectivity index (χ0v) is 15.1. The van der Waals surface area contributed by atoms with Gasteiger partial charge in [-0.15, -0.1) is 0 Å². The van der Waals surface area contributed by atoms with Crippen molar-refractivity contribution in [1.82, 2.24) is 9.97 Å². The molecule has 138 valence electrons. The third kappa shape index (κ3) is 3.94. The van der Waals surface area contributed by atoms with Crippen molar-refractivity contribution in [3.05, 3.63) is 39.4 Å². The van der Waals surface area contributed by atoms with Crippen molar-refractivity contribution in [2.24, 2.45) is 0 Å². The van der Waals surface area contributed by atoms with Crippen LogP contribution >= 0.6 is 11.6 Å². The average Bonchev–Trinajstić information content (AvgIpc) is 2.55. The van der Waals surface area contributed by atoms with E-state index < -0.39 is 4.92 Å². The predicted molar refractivity (Wildman–Crippen MR) is 100 cm³/mol. The minimum atomic E-state index is -0.595. The number of nitrogens with one attached hydrogen (secondary N) is 1. The maximum absolute atomic E-state index is 11.4. The Morgan fingerprint density at radius 2 is 1.88 bits per heavy atom. The van der Waals surface area contributed by atoms with E-state index in [1.54, 1.807) is 24.3 Å². The van der Waals surface area contributed by atoms with Crippen LogP contribution in [0.3, 0.4) is 0 Å². The molecule has 0 amide bonds. The first kappa shape index (κ1) is 18.2. The van der Waals surface area contributed by atoms with E-state index in [9.17, 15) is 10.1 Å². The molecule has 2 atom stereocenters. The number of halogens is 1. The summed E-state index contributed by atoms with van der Waals surface area (Å²) >= 11 is 5.88. The van der Waals surface area contributed by atoms with Gasteiger partial charge in [0.1, 0.15) is 0 Å². The Morgan fingerprint density at radius 1 is 1.27 bits per heavy atom. The number of nitro groups is 1. The van der Waals surface area contributed by atoms with Gasteiger partial charge in [0.2, 0.25) is 17.6 Å². The Bertz CT molecular complexity index is 806. The lowest BCUT2D eigenvalue weighted by Gasteiger charge is -2.35. The van der Waals surface area contributed by atoms with Crippen LogP contribution in [-0.4, -0.2) is 40.2 Å². The van der Waals surface area contributed by atoms with E-state index in [1.807, 2.05) is 18.7 Å².